The summed E-state index contributed by atoms with van der Waals surface area (Å²) in [5.41, 5.74) is 6.37. The van der Waals surface area contributed by atoms with Crippen molar-refractivity contribution >= 4 is 23.7 Å². The second-order valence-corrected chi connectivity index (χ2v) is 6.08. The topological polar surface area (TPSA) is 70.9 Å². The molecule has 0 bridgehead atoms. The summed E-state index contributed by atoms with van der Waals surface area (Å²) in [6, 6.07) is 9.06. The lowest BCUT2D eigenvalue weighted by molar-refractivity contribution is -0.120. The Hall–Kier alpha value is -2.53. The molecule has 1 amide bonds. The third-order valence-electron chi connectivity index (χ3n) is 3.69. The molecular formula is C19H21ClN2O3. The third kappa shape index (κ3) is 5.22. The zero-order valence-electron chi connectivity index (χ0n) is 14.5. The normalized spacial score (nSPS) is 10.9. The minimum Gasteiger partial charge on any atom is -0.503 e. The molecule has 0 saturated heterocycles. The molecule has 0 aliphatic rings. The van der Waals surface area contributed by atoms with Gasteiger partial charge in [0.05, 0.1) is 24.3 Å². The molecule has 25 heavy (non-hydrogen) atoms. The van der Waals surface area contributed by atoms with Gasteiger partial charge in [-0.25, -0.2) is 5.43 Å². The number of rotatable bonds is 6. The van der Waals surface area contributed by atoms with Crippen LogP contribution in [0.2, 0.25) is 5.02 Å². The molecule has 0 aliphatic carbocycles. The summed E-state index contributed by atoms with van der Waals surface area (Å²) in [5, 5.41) is 13.9. The maximum atomic E-state index is 12.0. The van der Waals surface area contributed by atoms with E-state index in [9.17, 15) is 9.90 Å². The highest BCUT2D eigenvalue weighted by molar-refractivity contribution is 6.32. The average molecular weight is 361 g/mol. The number of carbonyl (C=O) groups excluding carboxylic acids is 1. The van der Waals surface area contributed by atoms with Crippen LogP contribution in [-0.2, 0) is 11.2 Å². The lowest BCUT2D eigenvalue weighted by Crippen LogP contribution is -2.19. The summed E-state index contributed by atoms with van der Waals surface area (Å²) in [7, 11) is 0. The first-order valence-corrected chi connectivity index (χ1v) is 8.31. The molecule has 0 aromatic heterocycles. The van der Waals surface area contributed by atoms with Gasteiger partial charge in [-0.3, -0.25) is 4.79 Å². The van der Waals surface area contributed by atoms with Gasteiger partial charge in [0.2, 0.25) is 5.91 Å². The molecule has 0 radical (unpaired) electrons. The number of carbonyl (C=O) groups is 1. The number of aryl methyl sites for hydroxylation is 2. The minimum absolute atomic E-state index is 0.112. The quantitative estimate of drug-likeness (QED) is 0.608. The number of aromatic hydroxyl groups is 1. The van der Waals surface area contributed by atoms with Crippen molar-refractivity contribution < 1.29 is 14.6 Å². The van der Waals surface area contributed by atoms with Gasteiger partial charge < -0.3 is 9.84 Å². The van der Waals surface area contributed by atoms with Gasteiger partial charge in [0.15, 0.2) is 11.5 Å². The van der Waals surface area contributed by atoms with Crippen molar-refractivity contribution in [3.8, 4) is 11.5 Å². The Morgan fingerprint density at radius 2 is 2.04 bits per heavy atom. The van der Waals surface area contributed by atoms with Gasteiger partial charge in [0, 0.05) is 0 Å². The predicted octanol–water partition coefficient (Wildman–Crippen LogP) is 3.75. The number of hydrogen-bond acceptors (Lipinski definition) is 4. The van der Waals surface area contributed by atoms with Gasteiger partial charge in [-0.1, -0.05) is 29.8 Å². The highest BCUT2D eigenvalue weighted by Gasteiger charge is 2.09. The maximum absolute atomic E-state index is 12.0. The van der Waals surface area contributed by atoms with Gasteiger partial charge in [-0.05, 0) is 55.2 Å². The Bertz CT molecular complexity index is 803. The van der Waals surface area contributed by atoms with Crippen LogP contribution in [0.5, 0.6) is 11.5 Å². The van der Waals surface area contributed by atoms with Crippen LogP contribution in [0, 0.1) is 13.8 Å². The van der Waals surface area contributed by atoms with Gasteiger partial charge in [0.25, 0.3) is 0 Å². The van der Waals surface area contributed by atoms with Gasteiger partial charge in [-0.2, -0.15) is 5.10 Å². The van der Waals surface area contributed by atoms with Crippen LogP contribution in [-0.4, -0.2) is 23.8 Å². The number of phenolic OH excluding ortho intramolecular Hbond substituents is 1. The van der Waals surface area contributed by atoms with Crippen molar-refractivity contribution in [1.29, 1.82) is 0 Å². The number of ether oxygens (including phenoxy) is 1. The number of phenols is 1. The number of nitrogens with zero attached hydrogens (tertiary/aromatic N) is 1. The lowest BCUT2D eigenvalue weighted by atomic mass is 10.0. The molecule has 0 unspecified atom stereocenters. The highest BCUT2D eigenvalue weighted by atomic mass is 35.5. The average Bonchev–Trinajstić information content (AvgIpc) is 2.56. The van der Waals surface area contributed by atoms with Crippen molar-refractivity contribution in [2.45, 2.75) is 27.2 Å². The third-order valence-corrected chi connectivity index (χ3v) is 3.98. The Kier molecular flexibility index (Phi) is 6.42. The van der Waals surface area contributed by atoms with E-state index in [-0.39, 0.29) is 28.8 Å². The molecule has 132 valence electrons. The van der Waals surface area contributed by atoms with Crippen LogP contribution in [0.3, 0.4) is 0 Å². The molecule has 5 nitrogen and oxygen atoms in total. The van der Waals surface area contributed by atoms with E-state index in [0.29, 0.717) is 12.2 Å². The van der Waals surface area contributed by atoms with Crippen LogP contribution in [0.15, 0.2) is 35.4 Å². The van der Waals surface area contributed by atoms with E-state index < -0.39 is 0 Å². The lowest BCUT2D eigenvalue weighted by Gasteiger charge is -2.08. The first-order chi connectivity index (χ1) is 11.9. The van der Waals surface area contributed by atoms with Crippen LogP contribution in [0.25, 0.3) is 0 Å². The fourth-order valence-electron chi connectivity index (χ4n) is 2.25. The standard InChI is InChI=1S/C19H21ClN2O3/c1-4-25-17-9-15(8-16(20)19(17)24)11-21-22-18(23)10-14-6-5-12(2)13(3)7-14/h5-9,11,24H,4,10H2,1-3H3,(H,22,23)/b21-11+. The number of benzene rings is 2. The zero-order valence-corrected chi connectivity index (χ0v) is 15.2. The Labute approximate surface area is 152 Å². The van der Waals surface area contributed by atoms with Crippen molar-refractivity contribution in [1.82, 2.24) is 5.43 Å². The first kappa shape index (κ1) is 18.8. The van der Waals surface area contributed by atoms with Crippen molar-refractivity contribution in [3.63, 3.8) is 0 Å². The van der Waals surface area contributed by atoms with Crippen molar-refractivity contribution in [2.75, 3.05) is 6.61 Å². The summed E-state index contributed by atoms with van der Waals surface area (Å²) in [6.07, 6.45) is 1.70. The zero-order chi connectivity index (χ0) is 18.4. The number of amides is 1. The van der Waals surface area contributed by atoms with Crippen LogP contribution >= 0.6 is 11.6 Å². The SMILES string of the molecule is CCOc1cc(/C=N/NC(=O)Cc2ccc(C)c(C)c2)cc(Cl)c1O. The number of hydrogen-bond donors (Lipinski definition) is 2. The van der Waals surface area contributed by atoms with Crippen LogP contribution in [0.1, 0.15) is 29.2 Å². The molecule has 2 aromatic rings. The second kappa shape index (κ2) is 8.53. The number of nitrogens with one attached hydrogen (secondary N) is 1. The van der Waals surface area contributed by atoms with Crippen molar-refractivity contribution in [2.24, 2.45) is 5.10 Å². The van der Waals surface area contributed by atoms with E-state index in [1.54, 1.807) is 19.1 Å². The fraction of sp³-hybridized carbons (Fsp3) is 0.263. The summed E-state index contributed by atoms with van der Waals surface area (Å²) >= 11 is 5.95. The molecule has 0 spiro atoms. The van der Waals surface area contributed by atoms with Crippen molar-refractivity contribution in [3.05, 3.63) is 57.6 Å². The maximum Gasteiger partial charge on any atom is 0.244 e. The van der Waals surface area contributed by atoms with Crippen LogP contribution in [0.4, 0.5) is 0 Å². The van der Waals surface area contributed by atoms with Gasteiger partial charge >= 0.3 is 0 Å². The molecule has 0 aliphatic heterocycles. The molecule has 2 aromatic carbocycles. The molecule has 0 atom stereocenters. The predicted molar refractivity (Wildman–Crippen MR) is 99.6 cm³/mol. The molecule has 0 fully saturated rings. The summed E-state index contributed by atoms with van der Waals surface area (Å²) in [6.45, 7) is 6.25. The van der Waals surface area contributed by atoms with Gasteiger partial charge in [0.1, 0.15) is 0 Å². The number of halogens is 1. The largest absolute Gasteiger partial charge is 0.503 e. The molecule has 6 heteroatoms. The van der Waals surface area contributed by atoms with Crippen LogP contribution < -0.4 is 10.2 Å². The summed E-state index contributed by atoms with van der Waals surface area (Å²) in [4.78, 5) is 12.0. The van der Waals surface area contributed by atoms with E-state index in [4.69, 9.17) is 16.3 Å². The van der Waals surface area contributed by atoms with E-state index >= 15 is 0 Å². The Balaban J connectivity index is 2.00. The Morgan fingerprint density at radius 1 is 1.28 bits per heavy atom. The smallest absolute Gasteiger partial charge is 0.244 e. The first-order valence-electron chi connectivity index (χ1n) is 7.94. The molecule has 2 rings (SSSR count). The van der Waals surface area contributed by atoms with E-state index in [2.05, 4.69) is 10.5 Å². The Morgan fingerprint density at radius 3 is 2.72 bits per heavy atom. The highest BCUT2D eigenvalue weighted by Crippen LogP contribution is 2.34. The number of hydrazone groups is 1. The van der Waals surface area contributed by atoms with E-state index in [1.165, 1.54) is 11.8 Å². The molecule has 0 saturated carbocycles. The monoisotopic (exact) mass is 360 g/mol. The minimum atomic E-state index is -0.214. The molecular weight excluding hydrogens is 340 g/mol. The molecule has 2 N–H and O–H groups in total. The summed E-state index contributed by atoms with van der Waals surface area (Å²) in [5.74, 6) is -0.0493. The van der Waals surface area contributed by atoms with E-state index in [0.717, 1.165) is 11.1 Å². The second-order valence-electron chi connectivity index (χ2n) is 5.67. The van der Waals surface area contributed by atoms with E-state index in [1.807, 2.05) is 32.0 Å². The van der Waals surface area contributed by atoms with Gasteiger partial charge in [-0.15, -0.1) is 0 Å². The summed E-state index contributed by atoms with van der Waals surface area (Å²) < 4.78 is 5.30. The fourth-order valence-corrected chi connectivity index (χ4v) is 2.47. The molecule has 0 heterocycles.